The summed E-state index contributed by atoms with van der Waals surface area (Å²) in [4.78, 5) is 0.528. The fourth-order valence-electron chi connectivity index (χ4n) is 1.72. The maximum Gasteiger partial charge on any atom is 0.131 e. The minimum atomic E-state index is 0.463. The first-order valence-electron chi connectivity index (χ1n) is 5.47. The zero-order valence-corrected chi connectivity index (χ0v) is 12.6. The molecular formula is C11H19BrClN3. The van der Waals surface area contributed by atoms with Gasteiger partial charge in [0.2, 0.25) is 0 Å². The first-order valence-corrected chi connectivity index (χ1v) is 6.76. The van der Waals surface area contributed by atoms with E-state index in [2.05, 4.69) is 40.2 Å². The van der Waals surface area contributed by atoms with Crippen LogP contribution in [0.1, 0.15) is 31.5 Å². The van der Waals surface area contributed by atoms with Crippen LogP contribution in [0.2, 0.25) is 5.15 Å². The number of hydrogen-bond acceptors (Lipinski definition) is 2. The molecule has 1 aromatic rings. The van der Waals surface area contributed by atoms with E-state index in [0.29, 0.717) is 10.9 Å². The summed E-state index contributed by atoms with van der Waals surface area (Å²) in [7, 11) is 1.86. The molecule has 16 heavy (non-hydrogen) atoms. The molecule has 0 saturated heterocycles. The molecule has 1 aromatic heterocycles. The van der Waals surface area contributed by atoms with Crippen molar-refractivity contribution >= 4 is 27.5 Å². The lowest BCUT2D eigenvalue weighted by Crippen LogP contribution is -2.27. The molecule has 0 saturated carbocycles. The first-order chi connectivity index (χ1) is 7.41. The highest BCUT2D eigenvalue weighted by atomic mass is 79.9. The van der Waals surface area contributed by atoms with Crippen molar-refractivity contribution in [1.82, 2.24) is 15.1 Å². The second-order valence-electron chi connectivity index (χ2n) is 4.28. The van der Waals surface area contributed by atoms with E-state index in [1.165, 1.54) is 0 Å². The third-order valence-electron chi connectivity index (χ3n) is 2.58. The second kappa shape index (κ2) is 6.03. The van der Waals surface area contributed by atoms with Crippen LogP contribution in [-0.2, 0) is 13.6 Å². The minimum absolute atomic E-state index is 0.463. The van der Waals surface area contributed by atoms with E-state index in [1.54, 1.807) is 4.68 Å². The molecule has 2 unspecified atom stereocenters. The summed E-state index contributed by atoms with van der Waals surface area (Å²) in [5.41, 5.74) is 2.09. The zero-order valence-electron chi connectivity index (χ0n) is 10.2. The van der Waals surface area contributed by atoms with Gasteiger partial charge in [0, 0.05) is 30.0 Å². The van der Waals surface area contributed by atoms with Gasteiger partial charge in [-0.2, -0.15) is 5.10 Å². The summed E-state index contributed by atoms with van der Waals surface area (Å²) in [6.07, 6.45) is 1.09. The van der Waals surface area contributed by atoms with E-state index >= 15 is 0 Å². The smallest absolute Gasteiger partial charge is 0.131 e. The van der Waals surface area contributed by atoms with Gasteiger partial charge in [0.15, 0.2) is 0 Å². The highest BCUT2D eigenvalue weighted by Gasteiger charge is 2.12. The van der Waals surface area contributed by atoms with Crippen LogP contribution in [0, 0.1) is 6.92 Å². The van der Waals surface area contributed by atoms with Crippen molar-refractivity contribution in [2.75, 3.05) is 0 Å². The van der Waals surface area contributed by atoms with Crippen molar-refractivity contribution < 1.29 is 0 Å². The van der Waals surface area contributed by atoms with Crippen LogP contribution in [0.25, 0.3) is 0 Å². The fraction of sp³-hybridized carbons (Fsp3) is 0.727. The molecular weight excluding hydrogens is 289 g/mol. The lowest BCUT2D eigenvalue weighted by molar-refractivity contribution is 0.515. The highest BCUT2D eigenvalue weighted by molar-refractivity contribution is 9.09. The number of hydrogen-bond donors (Lipinski definition) is 1. The number of nitrogens with zero attached hydrogens (tertiary/aromatic N) is 2. The van der Waals surface area contributed by atoms with Gasteiger partial charge < -0.3 is 5.32 Å². The molecule has 0 aromatic carbocycles. The minimum Gasteiger partial charge on any atom is -0.310 e. The van der Waals surface area contributed by atoms with Gasteiger partial charge in [-0.15, -0.1) is 0 Å². The number of nitrogens with one attached hydrogen (secondary N) is 1. The number of aryl methyl sites for hydroxylation is 2. The number of aromatic nitrogens is 2. The monoisotopic (exact) mass is 307 g/mol. The Kier molecular flexibility index (Phi) is 5.28. The Balaban J connectivity index is 2.54. The van der Waals surface area contributed by atoms with Gasteiger partial charge in [0.25, 0.3) is 0 Å². The van der Waals surface area contributed by atoms with Gasteiger partial charge in [0.05, 0.1) is 5.69 Å². The summed E-state index contributed by atoms with van der Waals surface area (Å²) < 4.78 is 1.71. The van der Waals surface area contributed by atoms with E-state index in [0.717, 1.165) is 29.4 Å². The van der Waals surface area contributed by atoms with Gasteiger partial charge in [0.1, 0.15) is 5.15 Å². The first kappa shape index (κ1) is 14.0. The zero-order chi connectivity index (χ0) is 12.3. The molecule has 1 heterocycles. The SMILES string of the molecule is Cc1nn(C)c(Cl)c1CNC(C)CC(C)Br. The Hall–Kier alpha value is -0.0600. The molecule has 0 radical (unpaired) electrons. The number of halogens is 2. The fourth-order valence-corrected chi connectivity index (χ4v) is 2.52. The number of rotatable bonds is 5. The molecule has 0 aliphatic rings. The van der Waals surface area contributed by atoms with Gasteiger partial charge in [-0.1, -0.05) is 34.5 Å². The van der Waals surface area contributed by atoms with Crippen LogP contribution in [0.4, 0.5) is 0 Å². The number of alkyl halides is 1. The Morgan fingerprint density at radius 2 is 2.12 bits per heavy atom. The Bertz CT molecular complexity index is 349. The van der Waals surface area contributed by atoms with Gasteiger partial charge in [-0.25, -0.2) is 0 Å². The molecule has 2 atom stereocenters. The molecule has 1 rings (SSSR count). The average Bonchev–Trinajstić information content (AvgIpc) is 2.38. The van der Waals surface area contributed by atoms with E-state index in [-0.39, 0.29) is 0 Å². The van der Waals surface area contributed by atoms with Crippen LogP contribution < -0.4 is 5.32 Å². The summed E-state index contributed by atoms with van der Waals surface area (Å²) in [5.74, 6) is 0. The van der Waals surface area contributed by atoms with Crippen molar-refractivity contribution in [2.45, 2.75) is 44.6 Å². The third-order valence-corrected chi connectivity index (χ3v) is 3.42. The average molecular weight is 309 g/mol. The predicted molar refractivity (Wildman–Crippen MR) is 72.3 cm³/mol. The van der Waals surface area contributed by atoms with Crippen LogP contribution in [0.5, 0.6) is 0 Å². The molecule has 5 heteroatoms. The topological polar surface area (TPSA) is 29.9 Å². The van der Waals surface area contributed by atoms with E-state index in [1.807, 2.05) is 14.0 Å². The molecule has 0 aliphatic carbocycles. The molecule has 0 aliphatic heterocycles. The second-order valence-corrected chi connectivity index (χ2v) is 6.20. The summed E-state index contributed by atoms with van der Waals surface area (Å²) in [6.45, 7) is 7.10. The van der Waals surface area contributed by atoms with Gasteiger partial charge >= 0.3 is 0 Å². The van der Waals surface area contributed by atoms with Crippen LogP contribution in [0.15, 0.2) is 0 Å². The van der Waals surface area contributed by atoms with Gasteiger partial charge in [-0.05, 0) is 20.3 Å². The molecule has 0 bridgehead atoms. The maximum absolute atomic E-state index is 6.15. The van der Waals surface area contributed by atoms with E-state index in [9.17, 15) is 0 Å². The van der Waals surface area contributed by atoms with Crippen molar-refractivity contribution in [3.63, 3.8) is 0 Å². The predicted octanol–water partition coefficient (Wildman–Crippen LogP) is 3.03. The Labute approximate surface area is 111 Å². The normalized spacial score (nSPS) is 15.1. The third kappa shape index (κ3) is 3.75. The standard InChI is InChI=1S/C11H19BrClN3/c1-7(12)5-8(2)14-6-10-9(3)15-16(4)11(10)13/h7-8,14H,5-6H2,1-4H3. The van der Waals surface area contributed by atoms with Gasteiger partial charge in [-0.3, -0.25) is 4.68 Å². The summed E-state index contributed by atoms with van der Waals surface area (Å²) in [5, 5.41) is 8.47. The van der Waals surface area contributed by atoms with Crippen molar-refractivity contribution in [3.8, 4) is 0 Å². The van der Waals surface area contributed by atoms with Crippen LogP contribution >= 0.6 is 27.5 Å². The highest BCUT2D eigenvalue weighted by Crippen LogP contribution is 2.18. The van der Waals surface area contributed by atoms with E-state index < -0.39 is 0 Å². The molecule has 0 spiro atoms. The quantitative estimate of drug-likeness (QED) is 0.847. The largest absolute Gasteiger partial charge is 0.310 e. The molecule has 3 nitrogen and oxygen atoms in total. The Morgan fingerprint density at radius 3 is 2.56 bits per heavy atom. The van der Waals surface area contributed by atoms with Crippen LogP contribution in [0.3, 0.4) is 0 Å². The van der Waals surface area contributed by atoms with E-state index in [4.69, 9.17) is 11.6 Å². The maximum atomic E-state index is 6.15. The lowest BCUT2D eigenvalue weighted by atomic mass is 10.2. The van der Waals surface area contributed by atoms with Crippen LogP contribution in [-0.4, -0.2) is 20.6 Å². The summed E-state index contributed by atoms with van der Waals surface area (Å²) >= 11 is 9.71. The molecule has 0 fully saturated rings. The molecule has 92 valence electrons. The summed E-state index contributed by atoms with van der Waals surface area (Å²) in [6, 6.07) is 0.463. The lowest BCUT2D eigenvalue weighted by Gasteiger charge is -2.14. The van der Waals surface area contributed by atoms with Crippen molar-refractivity contribution in [2.24, 2.45) is 7.05 Å². The van der Waals surface area contributed by atoms with Crippen molar-refractivity contribution in [3.05, 3.63) is 16.4 Å². The van der Waals surface area contributed by atoms with Crippen molar-refractivity contribution in [1.29, 1.82) is 0 Å². The molecule has 0 amide bonds. The Morgan fingerprint density at radius 1 is 1.50 bits per heavy atom. The molecule has 1 N–H and O–H groups in total.